The molecular formula is C15H26N2O. The van der Waals surface area contributed by atoms with E-state index in [1.807, 2.05) is 12.1 Å². The molecule has 0 bridgehead atoms. The van der Waals surface area contributed by atoms with Gasteiger partial charge in [0.1, 0.15) is 5.75 Å². The van der Waals surface area contributed by atoms with E-state index in [1.54, 1.807) is 7.11 Å². The Morgan fingerprint density at radius 3 is 2.72 bits per heavy atom. The van der Waals surface area contributed by atoms with Crippen molar-refractivity contribution in [2.45, 2.75) is 32.9 Å². The number of nitrogens with zero attached hydrogens (tertiary/aromatic N) is 1. The maximum atomic E-state index is 6.17. The maximum Gasteiger partial charge on any atom is 0.119 e. The first-order valence-electron chi connectivity index (χ1n) is 6.63. The Labute approximate surface area is 111 Å². The molecule has 0 saturated carbocycles. The topological polar surface area (TPSA) is 38.5 Å². The summed E-state index contributed by atoms with van der Waals surface area (Å²) >= 11 is 0. The molecule has 0 unspecified atom stereocenters. The van der Waals surface area contributed by atoms with Crippen molar-refractivity contribution in [2.24, 2.45) is 11.7 Å². The highest BCUT2D eigenvalue weighted by Gasteiger charge is 2.13. The van der Waals surface area contributed by atoms with Crippen LogP contribution in [0.25, 0.3) is 0 Å². The van der Waals surface area contributed by atoms with Crippen LogP contribution >= 0.6 is 0 Å². The molecule has 1 rings (SSSR count). The maximum absolute atomic E-state index is 6.17. The van der Waals surface area contributed by atoms with Gasteiger partial charge in [-0.05, 0) is 30.7 Å². The van der Waals surface area contributed by atoms with E-state index in [-0.39, 0.29) is 6.04 Å². The summed E-state index contributed by atoms with van der Waals surface area (Å²) in [6, 6.07) is 8.43. The lowest BCUT2D eigenvalue weighted by molar-refractivity contribution is 0.267. The highest BCUT2D eigenvalue weighted by atomic mass is 16.5. The van der Waals surface area contributed by atoms with Crippen LogP contribution < -0.4 is 10.5 Å². The Morgan fingerprint density at radius 1 is 1.39 bits per heavy atom. The molecule has 102 valence electrons. The standard InChI is InChI=1S/C15H26N2O/c1-5-12(2)15(16)11-17(3)10-13-7-6-8-14(9-13)18-4/h6-9,12,15H,5,10-11,16H2,1-4H3/t12-,15+/m0/s1. The summed E-state index contributed by atoms with van der Waals surface area (Å²) in [5, 5.41) is 0. The van der Waals surface area contributed by atoms with Gasteiger partial charge in [-0.1, -0.05) is 32.4 Å². The van der Waals surface area contributed by atoms with E-state index < -0.39 is 0 Å². The summed E-state index contributed by atoms with van der Waals surface area (Å²) < 4.78 is 5.23. The average molecular weight is 250 g/mol. The fourth-order valence-electron chi connectivity index (χ4n) is 1.99. The summed E-state index contributed by atoms with van der Waals surface area (Å²) in [5.74, 6) is 1.48. The van der Waals surface area contributed by atoms with Crippen molar-refractivity contribution in [3.63, 3.8) is 0 Å². The minimum atomic E-state index is 0.241. The minimum absolute atomic E-state index is 0.241. The second kappa shape index (κ2) is 7.39. The molecule has 2 atom stereocenters. The van der Waals surface area contributed by atoms with Crippen molar-refractivity contribution >= 4 is 0 Å². The van der Waals surface area contributed by atoms with Crippen molar-refractivity contribution in [2.75, 3.05) is 20.7 Å². The first kappa shape index (κ1) is 15.0. The lowest BCUT2D eigenvalue weighted by atomic mass is 9.99. The zero-order valence-corrected chi connectivity index (χ0v) is 12.0. The number of nitrogens with two attached hydrogens (primary N) is 1. The number of ether oxygens (including phenoxy) is 1. The summed E-state index contributed by atoms with van der Waals surface area (Å²) in [7, 11) is 3.81. The van der Waals surface area contributed by atoms with Gasteiger partial charge in [0, 0.05) is 19.1 Å². The molecule has 3 heteroatoms. The molecule has 2 N–H and O–H groups in total. The predicted octanol–water partition coefficient (Wildman–Crippen LogP) is 2.50. The molecular weight excluding hydrogens is 224 g/mol. The van der Waals surface area contributed by atoms with Gasteiger partial charge in [0.05, 0.1) is 7.11 Å². The molecule has 0 amide bonds. The first-order valence-corrected chi connectivity index (χ1v) is 6.63. The second-order valence-electron chi connectivity index (χ2n) is 5.10. The molecule has 3 nitrogen and oxygen atoms in total. The normalized spacial score (nSPS) is 14.6. The van der Waals surface area contributed by atoms with Crippen LogP contribution in [-0.4, -0.2) is 31.6 Å². The lowest BCUT2D eigenvalue weighted by Crippen LogP contribution is -2.39. The van der Waals surface area contributed by atoms with Crippen molar-refractivity contribution in [3.05, 3.63) is 29.8 Å². The van der Waals surface area contributed by atoms with Crippen LogP contribution in [0, 0.1) is 5.92 Å². The number of hydrogen-bond donors (Lipinski definition) is 1. The molecule has 1 aromatic rings. The van der Waals surface area contributed by atoms with E-state index in [0.29, 0.717) is 5.92 Å². The molecule has 18 heavy (non-hydrogen) atoms. The van der Waals surface area contributed by atoms with Gasteiger partial charge >= 0.3 is 0 Å². The van der Waals surface area contributed by atoms with E-state index in [4.69, 9.17) is 10.5 Å². The Kier molecular flexibility index (Phi) is 6.16. The number of likely N-dealkylation sites (N-methyl/N-ethyl adjacent to an activating group) is 1. The van der Waals surface area contributed by atoms with Gasteiger partial charge in [0.25, 0.3) is 0 Å². The van der Waals surface area contributed by atoms with E-state index in [2.05, 4.69) is 37.9 Å². The van der Waals surface area contributed by atoms with Gasteiger partial charge < -0.3 is 15.4 Å². The third-order valence-electron chi connectivity index (χ3n) is 3.48. The molecule has 0 fully saturated rings. The Balaban J connectivity index is 2.50. The minimum Gasteiger partial charge on any atom is -0.497 e. The summed E-state index contributed by atoms with van der Waals surface area (Å²) in [6.07, 6.45) is 1.13. The third-order valence-corrected chi connectivity index (χ3v) is 3.48. The van der Waals surface area contributed by atoms with E-state index in [9.17, 15) is 0 Å². The van der Waals surface area contributed by atoms with Gasteiger partial charge in [-0.25, -0.2) is 0 Å². The molecule has 0 aliphatic heterocycles. The van der Waals surface area contributed by atoms with E-state index in [0.717, 1.165) is 25.3 Å². The summed E-state index contributed by atoms with van der Waals surface area (Å²) in [5.41, 5.74) is 7.43. The predicted molar refractivity (Wildman–Crippen MR) is 76.8 cm³/mol. The molecule has 0 heterocycles. The van der Waals surface area contributed by atoms with Crippen LogP contribution in [0.1, 0.15) is 25.8 Å². The zero-order valence-electron chi connectivity index (χ0n) is 12.0. The van der Waals surface area contributed by atoms with Crippen molar-refractivity contribution in [3.8, 4) is 5.75 Å². The summed E-state index contributed by atoms with van der Waals surface area (Å²) in [4.78, 5) is 2.27. The molecule has 0 aliphatic carbocycles. The molecule has 0 aliphatic rings. The Hall–Kier alpha value is -1.06. The van der Waals surface area contributed by atoms with Gasteiger partial charge in [0.2, 0.25) is 0 Å². The Bertz CT molecular complexity index is 354. The number of methoxy groups -OCH3 is 1. The van der Waals surface area contributed by atoms with Crippen LogP contribution in [-0.2, 0) is 6.54 Å². The lowest BCUT2D eigenvalue weighted by Gasteiger charge is -2.25. The average Bonchev–Trinajstić information content (AvgIpc) is 2.37. The molecule has 1 aromatic carbocycles. The van der Waals surface area contributed by atoms with Crippen LogP contribution in [0.3, 0.4) is 0 Å². The fraction of sp³-hybridized carbons (Fsp3) is 0.600. The smallest absolute Gasteiger partial charge is 0.119 e. The van der Waals surface area contributed by atoms with Gasteiger partial charge in [0.15, 0.2) is 0 Å². The number of benzene rings is 1. The van der Waals surface area contributed by atoms with Crippen LogP contribution in [0.2, 0.25) is 0 Å². The van der Waals surface area contributed by atoms with E-state index >= 15 is 0 Å². The molecule has 0 aromatic heterocycles. The van der Waals surface area contributed by atoms with E-state index in [1.165, 1.54) is 5.56 Å². The number of hydrogen-bond acceptors (Lipinski definition) is 3. The van der Waals surface area contributed by atoms with Crippen LogP contribution in [0.15, 0.2) is 24.3 Å². The largest absolute Gasteiger partial charge is 0.497 e. The summed E-state index contributed by atoms with van der Waals surface area (Å²) in [6.45, 7) is 6.23. The van der Waals surface area contributed by atoms with Crippen molar-refractivity contribution < 1.29 is 4.74 Å². The zero-order chi connectivity index (χ0) is 13.5. The van der Waals surface area contributed by atoms with Gasteiger partial charge in [-0.2, -0.15) is 0 Å². The van der Waals surface area contributed by atoms with Gasteiger partial charge in [-0.15, -0.1) is 0 Å². The molecule has 0 radical (unpaired) electrons. The number of rotatable bonds is 7. The van der Waals surface area contributed by atoms with Gasteiger partial charge in [-0.3, -0.25) is 0 Å². The fourth-order valence-corrected chi connectivity index (χ4v) is 1.99. The third kappa shape index (κ3) is 4.67. The van der Waals surface area contributed by atoms with Crippen molar-refractivity contribution in [1.82, 2.24) is 4.90 Å². The monoisotopic (exact) mass is 250 g/mol. The van der Waals surface area contributed by atoms with Crippen LogP contribution in [0.5, 0.6) is 5.75 Å². The highest BCUT2D eigenvalue weighted by molar-refractivity contribution is 5.28. The quantitative estimate of drug-likeness (QED) is 0.808. The van der Waals surface area contributed by atoms with Crippen LogP contribution in [0.4, 0.5) is 0 Å². The Morgan fingerprint density at radius 2 is 2.11 bits per heavy atom. The molecule has 0 spiro atoms. The van der Waals surface area contributed by atoms with Crippen molar-refractivity contribution in [1.29, 1.82) is 0 Å². The molecule has 0 saturated heterocycles. The SMILES string of the molecule is CC[C@H](C)[C@H](N)CN(C)Cc1cccc(OC)c1. The first-order chi connectivity index (χ1) is 8.56. The highest BCUT2D eigenvalue weighted by Crippen LogP contribution is 2.14. The second-order valence-corrected chi connectivity index (χ2v) is 5.10.